The number of hydrogen-bond donors (Lipinski definition) is 0. The smallest absolute Gasteiger partial charge is 0.169 e. The van der Waals surface area contributed by atoms with Crippen molar-refractivity contribution >= 4 is 6.08 Å². The number of pyridine rings is 1. The van der Waals surface area contributed by atoms with Gasteiger partial charge in [0.05, 0.1) is 0 Å². The molecule has 7 heteroatoms. The van der Waals surface area contributed by atoms with Crippen molar-refractivity contribution in [2.24, 2.45) is 12.5 Å². The van der Waals surface area contributed by atoms with Crippen molar-refractivity contribution in [1.29, 1.82) is 0 Å². The van der Waals surface area contributed by atoms with Crippen molar-refractivity contribution < 1.29 is 33.4 Å². The molecule has 0 spiro atoms. The lowest BCUT2D eigenvalue weighted by molar-refractivity contribution is -2.00. The van der Waals surface area contributed by atoms with Gasteiger partial charge in [0.1, 0.15) is 7.05 Å². The summed E-state index contributed by atoms with van der Waals surface area (Å²) in [5.74, 6) is 0. The summed E-state index contributed by atoms with van der Waals surface area (Å²) >= 11 is 0. The highest BCUT2D eigenvalue weighted by molar-refractivity contribution is 5.56. The zero-order valence-electron chi connectivity index (χ0n) is 16.3. The number of rotatable bonds is 2. The molecular weight excluding hydrogens is 368 g/mol. The molecule has 1 aromatic rings. The van der Waals surface area contributed by atoms with Crippen molar-refractivity contribution in [3.8, 4) is 0 Å². The summed E-state index contributed by atoms with van der Waals surface area (Å²) in [5.41, 5.74) is 4.71. The van der Waals surface area contributed by atoms with Gasteiger partial charge in [0.25, 0.3) is 0 Å². The third-order valence-corrected chi connectivity index (χ3v) is 4.81. The van der Waals surface area contributed by atoms with Crippen LogP contribution in [0.3, 0.4) is 0 Å². The average molecular weight is 397 g/mol. The van der Waals surface area contributed by atoms with Gasteiger partial charge in [-0.3, -0.25) is 0 Å². The van der Waals surface area contributed by atoms with Crippen molar-refractivity contribution in [3.63, 3.8) is 0 Å². The summed E-state index contributed by atoms with van der Waals surface area (Å²) in [5, 5.41) is 0. The van der Waals surface area contributed by atoms with Gasteiger partial charge in [0, 0.05) is 30.9 Å². The molecule has 2 heterocycles. The van der Waals surface area contributed by atoms with Gasteiger partial charge in [0.15, 0.2) is 12.4 Å². The molecule has 27 heavy (non-hydrogen) atoms. The van der Waals surface area contributed by atoms with E-state index in [4.69, 9.17) is 18.6 Å². The van der Waals surface area contributed by atoms with Crippen LogP contribution in [0, 0.1) is 15.7 Å². The van der Waals surface area contributed by atoms with Crippen LogP contribution < -0.4 is 23.2 Å². The molecule has 2 aliphatic rings. The monoisotopic (exact) mass is 396 g/mol. The normalized spacial score (nSPS) is 21.4. The Balaban J connectivity index is 0.000000465. The van der Waals surface area contributed by atoms with Gasteiger partial charge in [-0.05, 0) is 54.7 Å². The summed E-state index contributed by atoms with van der Waals surface area (Å²) in [4.78, 5) is 2.63. The standard InChI is InChI=1S/C20H29N2.ClHO4/c1-20(2)15-18(13-17-7-11-21(3)12-8-17)14-19(16-20)22-9-5-4-6-10-22;2-1(3,4)5/h7-8,11-14H,4-6,9-10,15-16H2,1-3H3;(H,2,3,4,5)/q+1;/p-1. The second kappa shape index (κ2) is 9.17. The Morgan fingerprint density at radius 3 is 2.11 bits per heavy atom. The maximum absolute atomic E-state index is 8.49. The molecule has 1 fully saturated rings. The minimum atomic E-state index is -4.94. The molecule has 3 rings (SSSR count). The number of aromatic nitrogens is 1. The zero-order chi connectivity index (χ0) is 20.1. The van der Waals surface area contributed by atoms with E-state index in [-0.39, 0.29) is 0 Å². The van der Waals surface area contributed by atoms with Crippen LogP contribution in [0.1, 0.15) is 51.5 Å². The SMILES string of the molecule is C[n+]1ccc(/C=C2/C=C(N3CCCCC3)CC(C)(C)C2)cc1.[O-][Cl+3]([O-])([O-])[O-]. The van der Waals surface area contributed by atoms with Gasteiger partial charge < -0.3 is 4.90 Å². The molecule has 0 atom stereocenters. The van der Waals surface area contributed by atoms with Gasteiger partial charge in [-0.25, -0.2) is 23.2 Å². The van der Waals surface area contributed by atoms with Gasteiger partial charge in [-0.1, -0.05) is 19.9 Å². The molecule has 1 aromatic heterocycles. The van der Waals surface area contributed by atoms with Crippen molar-refractivity contribution in [1.82, 2.24) is 4.90 Å². The highest BCUT2D eigenvalue weighted by Crippen LogP contribution is 2.40. The van der Waals surface area contributed by atoms with E-state index >= 15 is 0 Å². The highest BCUT2D eigenvalue weighted by Gasteiger charge is 2.28. The molecule has 1 aliphatic carbocycles. The average Bonchev–Trinajstić information content (AvgIpc) is 2.55. The fraction of sp³-hybridized carbons (Fsp3) is 0.550. The molecule has 0 radical (unpaired) electrons. The predicted octanol–water partition coefficient (Wildman–Crippen LogP) is -0.672. The predicted molar refractivity (Wildman–Crippen MR) is 92.1 cm³/mol. The van der Waals surface area contributed by atoms with E-state index in [0.717, 1.165) is 0 Å². The van der Waals surface area contributed by atoms with E-state index in [1.54, 1.807) is 5.70 Å². The Morgan fingerprint density at radius 2 is 1.56 bits per heavy atom. The van der Waals surface area contributed by atoms with E-state index in [9.17, 15) is 0 Å². The fourth-order valence-electron chi connectivity index (χ4n) is 3.72. The minimum absolute atomic E-state index is 0.368. The van der Waals surface area contributed by atoms with E-state index in [0.29, 0.717) is 5.41 Å². The van der Waals surface area contributed by atoms with Crippen molar-refractivity contribution in [3.05, 3.63) is 47.4 Å². The Hall–Kier alpha value is -1.44. The minimum Gasteiger partial charge on any atom is -0.375 e. The highest BCUT2D eigenvalue weighted by atomic mass is 35.7. The molecular formula is C20H29ClN2O4. The van der Waals surface area contributed by atoms with Crippen LogP contribution in [-0.2, 0) is 7.05 Å². The van der Waals surface area contributed by atoms with Crippen molar-refractivity contribution in [2.45, 2.75) is 46.0 Å². The summed E-state index contributed by atoms with van der Waals surface area (Å²) in [6.07, 6.45) is 15.6. The molecule has 0 N–H and O–H groups in total. The van der Waals surface area contributed by atoms with Crippen LogP contribution in [0.25, 0.3) is 6.08 Å². The number of piperidine rings is 1. The molecule has 0 unspecified atom stereocenters. The second-order valence-corrected chi connectivity index (χ2v) is 8.85. The number of hydrogen-bond acceptors (Lipinski definition) is 5. The first-order valence-electron chi connectivity index (χ1n) is 9.25. The lowest BCUT2D eigenvalue weighted by Gasteiger charge is -2.39. The molecule has 150 valence electrons. The maximum Gasteiger partial charge on any atom is 0.169 e. The van der Waals surface area contributed by atoms with E-state index in [1.165, 1.54) is 56.3 Å². The number of likely N-dealkylation sites (tertiary alicyclic amines) is 1. The third-order valence-electron chi connectivity index (χ3n) is 4.81. The molecule has 0 aromatic carbocycles. The molecule has 0 bridgehead atoms. The van der Waals surface area contributed by atoms with E-state index in [2.05, 4.69) is 67.0 Å². The number of halogens is 1. The van der Waals surface area contributed by atoms with Crippen molar-refractivity contribution in [2.75, 3.05) is 13.1 Å². The Bertz CT molecular complexity index is 666. The number of nitrogens with zero attached hydrogens (tertiary/aromatic N) is 2. The first kappa shape index (κ1) is 21.9. The second-order valence-electron chi connectivity index (χ2n) is 8.10. The quantitative estimate of drug-likeness (QED) is 0.617. The van der Waals surface area contributed by atoms with Crippen LogP contribution in [0.5, 0.6) is 0 Å². The number of aryl methyl sites for hydroxylation is 1. The molecule has 1 saturated heterocycles. The summed E-state index contributed by atoms with van der Waals surface area (Å²) in [6.45, 7) is 7.30. The summed E-state index contributed by atoms with van der Waals surface area (Å²) in [7, 11) is -2.88. The Morgan fingerprint density at radius 1 is 1.00 bits per heavy atom. The van der Waals surface area contributed by atoms with Crippen LogP contribution in [0.15, 0.2) is 41.9 Å². The first-order valence-corrected chi connectivity index (χ1v) is 10.5. The molecule has 0 amide bonds. The van der Waals surface area contributed by atoms with Gasteiger partial charge >= 0.3 is 0 Å². The topological polar surface area (TPSA) is 99.4 Å². The van der Waals surface area contributed by atoms with E-state index < -0.39 is 10.2 Å². The van der Waals surface area contributed by atoms with E-state index in [1.807, 2.05) is 0 Å². The number of allylic oxidation sites excluding steroid dienone is 3. The van der Waals surface area contributed by atoms with Gasteiger partial charge in [0.2, 0.25) is 0 Å². The summed E-state index contributed by atoms with van der Waals surface area (Å²) < 4.78 is 36.1. The lowest BCUT2D eigenvalue weighted by Crippen LogP contribution is -2.68. The molecule has 1 aliphatic heterocycles. The van der Waals surface area contributed by atoms with Gasteiger partial charge in [-0.15, -0.1) is 10.2 Å². The summed E-state index contributed by atoms with van der Waals surface area (Å²) in [6, 6.07) is 4.39. The Labute approximate surface area is 163 Å². The van der Waals surface area contributed by atoms with Crippen LogP contribution in [0.2, 0.25) is 0 Å². The lowest BCUT2D eigenvalue weighted by atomic mass is 9.76. The largest absolute Gasteiger partial charge is 0.375 e. The fourth-order valence-corrected chi connectivity index (χ4v) is 3.72. The zero-order valence-corrected chi connectivity index (χ0v) is 17.1. The first-order chi connectivity index (χ1) is 12.5. The van der Waals surface area contributed by atoms with Gasteiger partial charge in [-0.2, -0.15) is 0 Å². The van der Waals surface area contributed by atoms with Crippen LogP contribution in [-0.4, -0.2) is 18.0 Å². The van der Waals surface area contributed by atoms with Crippen LogP contribution >= 0.6 is 0 Å². The molecule has 6 nitrogen and oxygen atoms in total. The Kier molecular flexibility index (Phi) is 7.42. The third kappa shape index (κ3) is 8.41. The molecule has 0 saturated carbocycles. The maximum atomic E-state index is 8.49. The van der Waals surface area contributed by atoms with Crippen LogP contribution in [0.4, 0.5) is 0 Å².